The molecule has 0 fully saturated rings. The number of nitrogens with one attached hydrogen (secondary N) is 2. The fourth-order valence-electron chi connectivity index (χ4n) is 2.35. The molecule has 0 spiro atoms. The molecule has 3 rings (SSSR count). The molecule has 2 N–H and O–H groups in total. The first-order valence-electron chi connectivity index (χ1n) is 7.84. The zero-order chi connectivity index (χ0) is 16.9. The van der Waals surface area contributed by atoms with Crippen molar-refractivity contribution in [3.63, 3.8) is 0 Å². The van der Waals surface area contributed by atoms with Crippen LogP contribution in [-0.2, 0) is 13.1 Å². The Hall–Kier alpha value is -1.86. The van der Waals surface area contributed by atoms with Gasteiger partial charge in [0, 0.05) is 33.2 Å². The average molecular weight is 406 g/mol. The van der Waals surface area contributed by atoms with Gasteiger partial charge in [0.25, 0.3) is 0 Å². The molecule has 0 aliphatic heterocycles. The highest BCUT2D eigenvalue weighted by Gasteiger charge is 2.04. The summed E-state index contributed by atoms with van der Waals surface area (Å²) in [6, 6.07) is 8.26. The lowest BCUT2D eigenvalue weighted by molar-refractivity contribution is 0.820. The summed E-state index contributed by atoms with van der Waals surface area (Å²) in [5.74, 6) is 0.807. The third-order valence-corrected chi connectivity index (χ3v) is 4.90. The molecule has 7 heteroatoms. The minimum absolute atomic E-state index is 0.540. The maximum absolute atomic E-state index is 4.63. The standard InChI is InChI=1S/C17H20BrN5S/c1-3-19-17(21-9-15-6-4-12(2)24-15)20-8-14-11-23-10-13(18)5-7-16(23)22-14/h4-7,10-11H,3,8-9H2,1-2H3,(H2,19,20,21). The minimum atomic E-state index is 0.540. The second-order valence-corrected chi connectivity index (χ2v) is 7.69. The van der Waals surface area contributed by atoms with E-state index in [0.717, 1.165) is 34.9 Å². The van der Waals surface area contributed by atoms with Crippen LogP contribution in [0.5, 0.6) is 0 Å². The zero-order valence-corrected chi connectivity index (χ0v) is 16.1. The molecule has 24 heavy (non-hydrogen) atoms. The van der Waals surface area contributed by atoms with Gasteiger partial charge >= 0.3 is 0 Å². The molecule has 0 aromatic carbocycles. The van der Waals surface area contributed by atoms with Crippen molar-refractivity contribution in [1.29, 1.82) is 0 Å². The number of imidazole rings is 1. The number of thiophene rings is 1. The van der Waals surface area contributed by atoms with Crippen molar-refractivity contribution in [3.8, 4) is 0 Å². The molecule has 0 saturated heterocycles. The quantitative estimate of drug-likeness (QED) is 0.502. The minimum Gasteiger partial charge on any atom is -0.357 e. The van der Waals surface area contributed by atoms with E-state index in [0.29, 0.717) is 6.54 Å². The number of fused-ring (bicyclic) bond motifs is 1. The first-order chi connectivity index (χ1) is 11.6. The Morgan fingerprint density at radius 1 is 1.25 bits per heavy atom. The van der Waals surface area contributed by atoms with Crippen molar-refractivity contribution in [1.82, 2.24) is 20.0 Å². The Labute approximate surface area is 154 Å². The Morgan fingerprint density at radius 2 is 2.12 bits per heavy atom. The van der Waals surface area contributed by atoms with Crippen LogP contribution >= 0.6 is 27.3 Å². The first kappa shape index (κ1) is 17.0. The van der Waals surface area contributed by atoms with E-state index in [2.05, 4.69) is 62.5 Å². The van der Waals surface area contributed by atoms with Crippen LogP contribution in [0.25, 0.3) is 5.65 Å². The number of rotatable bonds is 5. The van der Waals surface area contributed by atoms with Gasteiger partial charge in [0.15, 0.2) is 5.96 Å². The molecule has 3 aromatic rings. The van der Waals surface area contributed by atoms with E-state index in [1.54, 1.807) is 11.3 Å². The molecule has 0 unspecified atom stereocenters. The van der Waals surface area contributed by atoms with Gasteiger partial charge in [-0.3, -0.25) is 0 Å². The largest absolute Gasteiger partial charge is 0.357 e. The van der Waals surface area contributed by atoms with Gasteiger partial charge < -0.3 is 15.0 Å². The number of pyridine rings is 1. The van der Waals surface area contributed by atoms with Crippen LogP contribution in [0, 0.1) is 6.92 Å². The van der Waals surface area contributed by atoms with E-state index < -0.39 is 0 Å². The third kappa shape index (κ3) is 4.36. The van der Waals surface area contributed by atoms with Crippen molar-refractivity contribution >= 4 is 38.9 Å². The Balaban J connectivity index is 1.67. The summed E-state index contributed by atoms with van der Waals surface area (Å²) in [7, 11) is 0. The molecule has 5 nitrogen and oxygen atoms in total. The maximum atomic E-state index is 4.63. The monoisotopic (exact) mass is 405 g/mol. The van der Waals surface area contributed by atoms with Crippen molar-refractivity contribution in [3.05, 3.63) is 56.6 Å². The highest BCUT2D eigenvalue weighted by atomic mass is 79.9. The predicted octanol–water partition coefficient (Wildman–Crippen LogP) is 3.72. The van der Waals surface area contributed by atoms with Crippen molar-refractivity contribution in [2.75, 3.05) is 6.54 Å². The second kappa shape index (κ2) is 7.81. The summed E-state index contributed by atoms with van der Waals surface area (Å²) in [4.78, 5) is 11.8. The molecule has 0 radical (unpaired) electrons. The van der Waals surface area contributed by atoms with Crippen molar-refractivity contribution in [2.45, 2.75) is 26.9 Å². The third-order valence-electron chi connectivity index (χ3n) is 3.43. The number of hydrogen-bond donors (Lipinski definition) is 2. The second-order valence-electron chi connectivity index (χ2n) is 5.41. The number of aromatic nitrogens is 2. The molecule has 0 atom stereocenters. The van der Waals surface area contributed by atoms with Gasteiger partial charge in [0.2, 0.25) is 0 Å². The van der Waals surface area contributed by atoms with E-state index in [9.17, 15) is 0 Å². The van der Waals surface area contributed by atoms with E-state index >= 15 is 0 Å². The zero-order valence-electron chi connectivity index (χ0n) is 13.7. The summed E-state index contributed by atoms with van der Waals surface area (Å²) in [5, 5.41) is 6.64. The number of halogens is 1. The SMILES string of the molecule is CCNC(=NCc1cn2cc(Br)ccc2n1)NCc1ccc(C)s1. The Kier molecular flexibility index (Phi) is 5.52. The molecule has 3 aromatic heterocycles. The molecular weight excluding hydrogens is 386 g/mol. The van der Waals surface area contributed by atoms with Gasteiger partial charge in [-0.05, 0) is 54.0 Å². The van der Waals surface area contributed by atoms with Gasteiger partial charge in [-0.25, -0.2) is 9.98 Å². The lowest BCUT2D eigenvalue weighted by atomic mass is 10.4. The average Bonchev–Trinajstić information content (AvgIpc) is 3.15. The van der Waals surface area contributed by atoms with Gasteiger partial charge in [0.1, 0.15) is 5.65 Å². The summed E-state index contributed by atoms with van der Waals surface area (Å²) < 4.78 is 3.03. The van der Waals surface area contributed by atoms with Crippen LogP contribution in [0.1, 0.15) is 22.4 Å². The van der Waals surface area contributed by atoms with Crippen LogP contribution in [0.15, 0.2) is 46.1 Å². The van der Waals surface area contributed by atoms with Crippen molar-refractivity contribution < 1.29 is 0 Å². The summed E-state index contributed by atoms with van der Waals surface area (Å²) in [6.45, 7) is 6.33. The lowest BCUT2D eigenvalue weighted by Crippen LogP contribution is -2.36. The predicted molar refractivity (Wildman–Crippen MR) is 104 cm³/mol. The van der Waals surface area contributed by atoms with E-state index in [1.165, 1.54) is 9.75 Å². The van der Waals surface area contributed by atoms with Crippen LogP contribution < -0.4 is 10.6 Å². The van der Waals surface area contributed by atoms with Crippen LogP contribution in [0.2, 0.25) is 0 Å². The Morgan fingerprint density at radius 3 is 2.88 bits per heavy atom. The summed E-state index contributed by atoms with van der Waals surface area (Å²) >= 11 is 5.27. The smallest absolute Gasteiger partial charge is 0.191 e. The maximum Gasteiger partial charge on any atom is 0.191 e. The highest BCUT2D eigenvalue weighted by Crippen LogP contribution is 2.15. The van der Waals surface area contributed by atoms with Gasteiger partial charge in [-0.15, -0.1) is 11.3 Å². The van der Waals surface area contributed by atoms with E-state index in [-0.39, 0.29) is 0 Å². The number of aliphatic imine (C=N–C) groups is 1. The number of hydrogen-bond acceptors (Lipinski definition) is 3. The van der Waals surface area contributed by atoms with E-state index in [4.69, 9.17) is 0 Å². The molecule has 126 valence electrons. The first-order valence-corrected chi connectivity index (χ1v) is 9.45. The van der Waals surface area contributed by atoms with Gasteiger partial charge in [-0.2, -0.15) is 0 Å². The molecule has 0 amide bonds. The molecule has 3 heterocycles. The molecule has 0 aliphatic carbocycles. The van der Waals surface area contributed by atoms with Crippen LogP contribution in [0.4, 0.5) is 0 Å². The fourth-order valence-corrected chi connectivity index (χ4v) is 3.53. The number of nitrogens with zero attached hydrogens (tertiary/aromatic N) is 3. The Bertz CT molecular complexity index is 852. The van der Waals surface area contributed by atoms with Crippen LogP contribution in [-0.4, -0.2) is 21.9 Å². The number of guanidine groups is 1. The van der Waals surface area contributed by atoms with Crippen LogP contribution in [0.3, 0.4) is 0 Å². The summed E-state index contributed by atoms with van der Waals surface area (Å²) in [6.07, 6.45) is 4.01. The summed E-state index contributed by atoms with van der Waals surface area (Å²) in [5.41, 5.74) is 1.87. The normalized spacial score (nSPS) is 11.9. The van der Waals surface area contributed by atoms with Gasteiger partial charge in [0.05, 0.1) is 18.8 Å². The van der Waals surface area contributed by atoms with Gasteiger partial charge in [-0.1, -0.05) is 0 Å². The van der Waals surface area contributed by atoms with E-state index in [1.807, 2.05) is 28.9 Å². The highest BCUT2D eigenvalue weighted by molar-refractivity contribution is 9.10. The molecule has 0 saturated carbocycles. The lowest BCUT2D eigenvalue weighted by Gasteiger charge is -2.09. The molecular formula is C17H20BrN5S. The topological polar surface area (TPSA) is 53.7 Å². The van der Waals surface area contributed by atoms with Crippen molar-refractivity contribution in [2.24, 2.45) is 4.99 Å². The molecule has 0 bridgehead atoms. The fraction of sp³-hybridized carbons (Fsp3) is 0.294. The molecule has 0 aliphatic rings. The number of aryl methyl sites for hydroxylation is 1.